The fourth-order valence-corrected chi connectivity index (χ4v) is 4.18. The van der Waals surface area contributed by atoms with Crippen LogP contribution in [0.3, 0.4) is 0 Å². The van der Waals surface area contributed by atoms with Crippen LogP contribution in [-0.4, -0.2) is 70.1 Å². The van der Waals surface area contributed by atoms with E-state index in [-0.39, 0.29) is 17.9 Å². The van der Waals surface area contributed by atoms with Crippen molar-refractivity contribution in [1.82, 2.24) is 19.5 Å². The zero-order valence-corrected chi connectivity index (χ0v) is 18.9. The third-order valence-corrected chi connectivity index (χ3v) is 6.44. The average molecular weight is 441 g/mol. The number of fused-ring (bicyclic) bond motifs is 1. The maximum Gasteiger partial charge on any atom is 0.264 e. The van der Waals surface area contributed by atoms with Gasteiger partial charge in [-0.15, -0.1) is 0 Å². The van der Waals surface area contributed by atoms with Crippen molar-refractivity contribution in [3.8, 4) is 0 Å². The van der Waals surface area contributed by atoms with Crippen LogP contribution in [0.25, 0.3) is 11.2 Å². The fraction of sp³-hybridized carbons (Fsp3) is 0.737. The van der Waals surface area contributed by atoms with Crippen LogP contribution in [0.5, 0.6) is 0 Å². The van der Waals surface area contributed by atoms with Gasteiger partial charge in [-0.2, -0.15) is 8.42 Å². The molecule has 1 aliphatic carbocycles. The van der Waals surface area contributed by atoms with Gasteiger partial charge in [-0.05, 0) is 46.0 Å². The van der Waals surface area contributed by atoms with E-state index in [9.17, 15) is 8.42 Å². The molecule has 0 bridgehead atoms. The quantitative estimate of drug-likeness (QED) is 0.446. The zero-order chi connectivity index (χ0) is 21.9. The summed E-state index contributed by atoms with van der Waals surface area (Å²) in [6, 6.07) is 0.590. The normalized spacial score (nSPS) is 20.1. The molecular weight excluding hydrogens is 408 g/mol. The number of aromatic nitrogens is 4. The highest BCUT2D eigenvalue weighted by atomic mass is 32.2. The molecule has 0 atom stereocenters. The van der Waals surface area contributed by atoms with Crippen LogP contribution in [-0.2, 0) is 21.9 Å². The van der Waals surface area contributed by atoms with Gasteiger partial charge in [0.25, 0.3) is 10.1 Å². The highest BCUT2D eigenvalue weighted by Crippen LogP contribution is 2.28. The molecule has 10 nitrogen and oxygen atoms in total. The van der Waals surface area contributed by atoms with E-state index in [2.05, 4.69) is 34.0 Å². The summed E-state index contributed by atoms with van der Waals surface area (Å²) >= 11 is 0. The molecule has 0 radical (unpaired) electrons. The molecule has 0 amide bonds. The SMILES string of the molecule is CC(C)N(C)c1nc2c(N[C@H]3CC[C@H](OCCCS(=O)(=O)O)CC3)ncnc2n1C. The van der Waals surface area contributed by atoms with Gasteiger partial charge in [0, 0.05) is 32.8 Å². The van der Waals surface area contributed by atoms with Crippen molar-refractivity contribution in [2.24, 2.45) is 7.05 Å². The summed E-state index contributed by atoms with van der Waals surface area (Å²) in [5, 5.41) is 3.53. The number of imidazole rings is 1. The van der Waals surface area contributed by atoms with Crippen molar-refractivity contribution in [2.45, 2.75) is 64.1 Å². The number of hydrogen-bond acceptors (Lipinski definition) is 8. The Balaban J connectivity index is 1.58. The molecule has 30 heavy (non-hydrogen) atoms. The largest absolute Gasteiger partial charge is 0.378 e. The predicted octanol–water partition coefficient (Wildman–Crippen LogP) is 2.23. The number of anilines is 2. The van der Waals surface area contributed by atoms with Gasteiger partial charge in [0.15, 0.2) is 17.0 Å². The Kier molecular flexibility index (Phi) is 7.14. The fourth-order valence-electron chi connectivity index (χ4n) is 3.70. The molecule has 0 saturated heterocycles. The maximum atomic E-state index is 10.8. The highest BCUT2D eigenvalue weighted by molar-refractivity contribution is 7.85. The second kappa shape index (κ2) is 9.44. The lowest BCUT2D eigenvalue weighted by Crippen LogP contribution is -2.30. The Bertz CT molecular complexity index is 953. The molecule has 0 unspecified atom stereocenters. The third-order valence-electron chi connectivity index (χ3n) is 5.64. The molecule has 1 fully saturated rings. The first kappa shape index (κ1) is 22.7. The van der Waals surface area contributed by atoms with Gasteiger partial charge in [0.2, 0.25) is 5.95 Å². The first-order valence-electron chi connectivity index (χ1n) is 10.4. The Morgan fingerprint density at radius 3 is 2.63 bits per heavy atom. The molecule has 3 rings (SSSR count). The third kappa shape index (κ3) is 5.58. The number of nitrogens with one attached hydrogen (secondary N) is 1. The van der Waals surface area contributed by atoms with Crippen LogP contribution in [0.1, 0.15) is 46.0 Å². The van der Waals surface area contributed by atoms with Gasteiger partial charge in [0.05, 0.1) is 11.9 Å². The molecule has 168 valence electrons. The summed E-state index contributed by atoms with van der Waals surface area (Å²) < 4.78 is 38.0. The standard InChI is InChI=1S/C19H32N6O4S/c1-13(2)24(3)19-23-16-17(20-12-21-18(16)25(19)4)22-14-6-8-15(9-7-14)29-10-5-11-30(26,27)28/h12-15H,5-11H2,1-4H3,(H,20,21,22)(H,26,27,28)/t14-,15-. The average Bonchev–Trinajstić information content (AvgIpc) is 3.03. The summed E-state index contributed by atoms with van der Waals surface area (Å²) in [6.07, 6.45) is 5.64. The second-order valence-corrected chi connectivity index (χ2v) is 9.77. The van der Waals surface area contributed by atoms with Crippen molar-refractivity contribution in [2.75, 3.05) is 29.6 Å². The van der Waals surface area contributed by atoms with Crippen molar-refractivity contribution in [3.05, 3.63) is 6.33 Å². The number of rotatable bonds is 9. The predicted molar refractivity (Wildman–Crippen MR) is 116 cm³/mol. The molecule has 2 aromatic rings. The van der Waals surface area contributed by atoms with E-state index in [1.807, 2.05) is 18.7 Å². The van der Waals surface area contributed by atoms with Gasteiger partial charge in [-0.1, -0.05) is 0 Å². The lowest BCUT2D eigenvalue weighted by Gasteiger charge is -2.29. The summed E-state index contributed by atoms with van der Waals surface area (Å²) in [7, 11) is 0.0678. The minimum atomic E-state index is -3.91. The van der Waals surface area contributed by atoms with E-state index in [1.165, 1.54) is 0 Å². The van der Waals surface area contributed by atoms with E-state index in [1.54, 1.807) is 6.33 Å². The zero-order valence-electron chi connectivity index (χ0n) is 18.1. The number of hydrogen-bond donors (Lipinski definition) is 2. The Hall–Kier alpha value is -1.98. The minimum Gasteiger partial charge on any atom is -0.378 e. The number of ether oxygens (including phenoxy) is 1. The van der Waals surface area contributed by atoms with Gasteiger partial charge in [-0.25, -0.2) is 15.0 Å². The highest BCUT2D eigenvalue weighted by Gasteiger charge is 2.24. The van der Waals surface area contributed by atoms with E-state index < -0.39 is 10.1 Å². The van der Waals surface area contributed by atoms with Crippen molar-refractivity contribution in [3.63, 3.8) is 0 Å². The molecular formula is C19H32N6O4S. The van der Waals surface area contributed by atoms with Gasteiger partial charge in [0.1, 0.15) is 6.33 Å². The first-order chi connectivity index (χ1) is 14.2. The molecule has 1 aliphatic rings. The number of aryl methyl sites for hydroxylation is 1. The van der Waals surface area contributed by atoms with Gasteiger partial charge in [-0.3, -0.25) is 9.12 Å². The molecule has 11 heteroatoms. The summed E-state index contributed by atoms with van der Waals surface area (Å²) in [5.41, 5.74) is 1.57. The smallest absolute Gasteiger partial charge is 0.264 e. The van der Waals surface area contributed by atoms with Crippen molar-refractivity contribution in [1.29, 1.82) is 0 Å². The lowest BCUT2D eigenvalue weighted by atomic mass is 9.93. The second-order valence-electron chi connectivity index (χ2n) is 8.20. The summed E-state index contributed by atoms with van der Waals surface area (Å²) in [5.74, 6) is 1.34. The van der Waals surface area contributed by atoms with Gasteiger partial charge >= 0.3 is 0 Å². The maximum absolute atomic E-state index is 10.8. The van der Waals surface area contributed by atoms with E-state index in [0.717, 1.165) is 48.6 Å². The van der Waals surface area contributed by atoms with Crippen LogP contribution in [0.2, 0.25) is 0 Å². The molecule has 2 aromatic heterocycles. The van der Waals surface area contributed by atoms with E-state index in [0.29, 0.717) is 19.1 Å². The lowest BCUT2D eigenvalue weighted by molar-refractivity contribution is 0.0270. The molecule has 1 saturated carbocycles. The van der Waals surface area contributed by atoms with E-state index in [4.69, 9.17) is 14.3 Å². The van der Waals surface area contributed by atoms with Crippen LogP contribution < -0.4 is 10.2 Å². The Morgan fingerprint density at radius 2 is 2.00 bits per heavy atom. The van der Waals surface area contributed by atoms with Gasteiger partial charge < -0.3 is 15.0 Å². The van der Waals surface area contributed by atoms with Crippen LogP contribution in [0.4, 0.5) is 11.8 Å². The molecule has 0 aromatic carbocycles. The van der Waals surface area contributed by atoms with Crippen molar-refractivity contribution >= 4 is 33.0 Å². The minimum absolute atomic E-state index is 0.121. The summed E-state index contributed by atoms with van der Waals surface area (Å²) in [4.78, 5) is 15.7. The molecule has 0 spiro atoms. The van der Waals surface area contributed by atoms with Crippen LogP contribution in [0.15, 0.2) is 6.33 Å². The number of nitrogens with zero attached hydrogens (tertiary/aromatic N) is 5. The van der Waals surface area contributed by atoms with E-state index >= 15 is 0 Å². The Morgan fingerprint density at radius 1 is 1.30 bits per heavy atom. The van der Waals surface area contributed by atoms with Crippen molar-refractivity contribution < 1.29 is 17.7 Å². The van der Waals surface area contributed by atoms with Crippen LogP contribution in [0, 0.1) is 0 Å². The topological polar surface area (TPSA) is 122 Å². The summed E-state index contributed by atoms with van der Waals surface area (Å²) in [6.45, 7) is 4.58. The Labute approximate surface area is 177 Å². The molecule has 2 N–H and O–H groups in total. The first-order valence-corrected chi connectivity index (χ1v) is 12.0. The monoisotopic (exact) mass is 440 g/mol. The molecule has 2 heterocycles. The van der Waals surface area contributed by atoms with Crippen LogP contribution >= 0.6 is 0 Å². The molecule has 0 aliphatic heterocycles.